The molecule has 134 valence electrons. The van der Waals surface area contributed by atoms with Gasteiger partial charge in [0, 0.05) is 18.7 Å². The molecule has 2 nitrogen and oxygen atoms in total. The second-order valence-electron chi connectivity index (χ2n) is 6.82. The van der Waals surface area contributed by atoms with Gasteiger partial charge in [-0.05, 0) is 34.8 Å². The normalized spacial score (nSPS) is 11.3. The first-order valence-electron chi connectivity index (χ1n) is 7.92. The molecule has 2 aromatic carbocycles. The van der Waals surface area contributed by atoms with Crippen LogP contribution >= 0.6 is 12.2 Å². The van der Waals surface area contributed by atoms with Crippen molar-refractivity contribution in [1.82, 2.24) is 10.6 Å². The predicted molar refractivity (Wildman–Crippen MR) is 97.7 cm³/mol. The topological polar surface area (TPSA) is 24.1 Å². The van der Waals surface area contributed by atoms with E-state index in [-0.39, 0.29) is 17.5 Å². The molecule has 25 heavy (non-hydrogen) atoms. The van der Waals surface area contributed by atoms with Crippen molar-refractivity contribution in [1.29, 1.82) is 0 Å². The van der Waals surface area contributed by atoms with E-state index in [2.05, 4.69) is 43.5 Å². The summed E-state index contributed by atoms with van der Waals surface area (Å²) in [6.45, 7) is 6.93. The van der Waals surface area contributed by atoms with Crippen molar-refractivity contribution in [2.75, 3.05) is 0 Å². The van der Waals surface area contributed by atoms with Crippen LogP contribution in [0.5, 0.6) is 0 Å². The molecule has 0 aliphatic heterocycles. The summed E-state index contributed by atoms with van der Waals surface area (Å²) < 4.78 is 39.6. The number of thiocarbonyl (C=S) groups is 1. The van der Waals surface area contributed by atoms with Crippen LogP contribution in [0.25, 0.3) is 0 Å². The minimum absolute atomic E-state index is 0.0116. The SMILES string of the molecule is CC(C)(C)c1ccc(CNC(=S)NCc2ccc(F)c(F)c2F)cc1. The molecule has 0 fully saturated rings. The molecule has 0 atom stereocenters. The molecule has 6 heteroatoms. The minimum Gasteiger partial charge on any atom is -0.359 e. The maximum atomic E-state index is 13.6. The highest BCUT2D eigenvalue weighted by Gasteiger charge is 2.14. The molecule has 0 amide bonds. The third-order valence-corrected chi connectivity index (χ3v) is 4.12. The Hall–Kier alpha value is -2.08. The average molecular weight is 366 g/mol. The smallest absolute Gasteiger partial charge is 0.194 e. The Morgan fingerprint density at radius 2 is 1.48 bits per heavy atom. The van der Waals surface area contributed by atoms with Crippen LogP contribution in [0.3, 0.4) is 0 Å². The molecule has 2 N–H and O–H groups in total. The Balaban J connectivity index is 1.86. The number of benzene rings is 2. The lowest BCUT2D eigenvalue weighted by molar-refractivity contribution is 0.440. The number of halogens is 3. The molecular weight excluding hydrogens is 345 g/mol. The van der Waals surface area contributed by atoms with Crippen molar-refractivity contribution in [3.8, 4) is 0 Å². The third-order valence-electron chi connectivity index (χ3n) is 3.83. The summed E-state index contributed by atoms with van der Waals surface area (Å²) in [5.41, 5.74) is 2.40. The second-order valence-corrected chi connectivity index (χ2v) is 7.23. The lowest BCUT2D eigenvalue weighted by atomic mass is 9.87. The van der Waals surface area contributed by atoms with Gasteiger partial charge in [0.15, 0.2) is 22.6 Å². The largest absolute Gasteiger partial charge is 0.359 e. The zero-order valence-electron chi connectivity index (χ0n) is 14.4. The Bertz CT molecular complexity index is 752. The van der Waals surface area contributed by atoms with E-state index in [1.807, 2.05) is 12.1 Å². The molecule has 0 spiro atoms. The van der Waals surface area contributed by atoms with Crippen LogP contribution in [-0.4, -0.2) is 5.11 Å². The van der Waals surface area contributed by atoms with Crippen LogP contribution in [0, 0.1) is 17.5 Å². The van der Waals surface area contributed by atoms with E-state index in [0.717, 1.165) is 11.6 Å². The van der Waals surface area contributed by atoms with Gasteiger partial charge in [0.05, 0.1) is 0 Å². The number of nitrogens with one attached hydrogen (secondary N) is 2. The van der Waals surface area contributed by atoms with Gasteiger partial charge < -0.3 is 10.6 Å². The first-order valence-corrected chi connectivity index (χ1v) is 8.33. The lowest BCUT2D eigenvalue weighted by Crippen LogP contribution is -2.34. The Morgan fingerprint density at radius 3 is 2.08 bits per heavy atom. The first kappa shape index (κ1) is 19.2. The highest BCUT2D eigenvalue weighted by molar-refractivity contribution is 7.80. The highest BCUT2D eigenvalue weighted by Crippen LogP contribution is 2.22. The summed E-state index contributed by atoms with van der Waals surface area (Å²) in [7, 11) is 0. The van der Waals surface area contributed by atoms with E-state index < -0.39 is 17.5 Å². The summed E-state index contributed by atoms with van der Waals surface area (Å²) in [4.78, 5) is 0. The van der Waals surface area contributed by atoms with Gasteiger partial charge >= 0.3 is 0 Å². The van der Waals surface area contributed by atoms with Gasteiger partial charge in [-0.25, -0.2) is 13.2 Å². The summed E-state index contributed by atoms with van der Waals surface area (Å²) >= 11 is 5.13. The molecule has 0 aliphatic carbocycles. The molecule has 0 saturated heterocycles. The van der Waals surface area contributed by atoms with Gasteiger partial charge in [-0.15, -0.1) is 0 Å². The standard InChI is InChI=1S/C19H21F3N2S/c1-19(2,3)14-7-4-12(5-8-14)10-23-18(25)24-11-13-6-9-15(20)17(22)16(13)21/h4-9H,10-11H2,1-3H3,(H2,23,24,25). The van der Waals surface area contributed by atoms with Crippen LogP contribution < -0.4 is 10.6 Å². The van der Waals surface area contributed by atoms with Crippen LogP contribution in [0.15, 0.2) is 36.4 Å². The van der Waals surface area contributed by atoms with E-state index in [9.17, 15) is 13.2 Å². The minimum atomic E-state index is -1.47. The van der Waals surface area contributed by atoms with Crippen molar-refractivity contribution < 1.29 is 13.2 Å². The predicted octanol–water partition coefficient (Wildman–Crippen LogP) is 4.57. The Morgan fingerprint density at radius 1 is 0.880 bits per heavy atom. The molecule has 0 bridgehead atoms. The molecule has 0 aromatic heterocycles. The van der Waals surface area contributed by atoms with Gasteiger partial charge in [-0.3, -0.25) is 0 Å². The van der Waals surface area contributed by atoms with Crippen LogP contribution in [-0.2, 0) is 18.5 Å². The first-order chi connectivity index (χ1) is 11.7. The van der Waals surface area contributed by atoms with Gasteiger partial charge in [0.1, 0.15) is 0 Å². The van der Waals surface area contributed by atoms with Gasteiger partial charge in [-0.1, -0.05) is 51.1 Å². The molecule has 0 aliphatic rings. The molecule has 0 heterocycles. The quantitative estimate of drug-likeness (QED) is 0.612. The highest BCUT2D eigenvalue weighted by atomic mass is 32.1. The van der Waals surface area contributed by atoms with E-state index in [1.54, 1.807) is 0 Å². The van der Waals surface area contributed by atoms with E-state index in [0.29, 0.717) is 11.7 Å². The maximum absolute atomic E-state index is 13.6. The van der Waals surface area contributed by atoms with Crippen molar-refractivity contribution in [2.45, 2.75) is 39.3 Å². The molecule has 0 radical (unpaired) electrons. The molecule has 2 aromatic rings. The van der Waals surface area contributed by atoms with E-state index >= 15 is 0 Å². The lowest BCUT2D eigenvalue weighted by Gasteiger charge is -2.19. The van der Waals surface area contributed by atoms with Crippen molar-refractivity contribution in [3.05, 3.63) is 70.5 Å². The maximum Gasteiger partial charge on any atom is 0.194 e. The van der Waals surface area contributed by atoms with Crippen LogP contribution in [0.4, 0.5) is 13.2 Å². The molecule has 0 saturated carbocycles. The van der Waals surface area contributed by atoms with Gasteiger partial charge in [0.2, 0.25) is 0 Å². The van der Waals surface area contributed by atoms with Crippen molar-refractivity contribution >= 4 is 17.3 Å². The number of hydrogen-bond acceptors (Lipinski definition) is 1. The summed E-state index contributed by atoms with van der Waals surface area (Å²) in [6, 6.07) is 10.3. The Labute approximate surface area is 151 Å². The number of rotatable bonds is 4. The monoisotopic (exact) mass is 366 g/mol. The Kier molecular flexibility index (Phi) is 6.06. The fourth-order valence-electron chi connectivity index (χ4n) is 2.25. The van der Waals surface area contributed by atoms with Gasteiger partial charge in [-0.2, -0.15) is 0 Å². The fraction of sp³-hybridized carbons (Fsp3) is 0.316. The zero-order valence-corrected chi connectivity index (χ0v) is 15.2. The van der Waals surface area contributed by atoms with Gasteiger partial charge in [0.25, 0.3) is 0 Å². The number of hydrogen-bond donors (Lipinski definition) is 2. The van der Waals surface area contributed by atoms with Crippen LogP contribution in [0.1, 0.15) is 37.5 Å². The third kappa shape index (κ3) is 5.19. The van der Waals surface area contributed by atoms with Crippen molar-refractivity contribution in [3.63, 3.8) is 0 Å². The molecular formula is C19H21F3N2S. The molecule has 2 rings (SSSR count). The summed E-state index contributed by atoms with van der Waals surface area (Å²) in [5.74, 6) is -3.88. The van der Waals surface area contributed by atoms with Crippen LogP contribution in [0.2, 0.25) is 0 Å². The second kappa shape index (κ2) is 7.87. The summed E-state index contributed by atoms with van der Waals surface area (Å²) in [5, 5.41) is 6.10. The fourth-order valence-corrected chi connectivity index (χ4v) is 2.39. The van der Waals surface area contributed by atoms with Crippen molar-refractivity contribution in [2.24, 2.45) is 0 Å². The average Bonchev–Trinajstić information content (AvgIpc) is 2.57. The van der Waals surface area contributed by atoms with E-state index in [4.69, 9.17) is 12.2 Å². The summed E-state index contributed by atoms with van der Waals surface area (Å²) in [6.07, 6.45) is 0. The molecule has 0 unspecified atom stereocenters. The zero-order chi connectivity index (χ0) is 18.6. The van der Waals surface area contributed by atoms with E-state index in [1.165, 1.54) is 11.6 Å².